The number of para-hydroxylation sites is 1. The van der Waals surface area contributed by atoms with Gasteiger partial charge in [-0.2, -0.15) is 0 Å². The van der Waals surface area contributed by atoms with Crippen LogP contribution in [0, 0.1) is 6.92 Å². The van der Waals surface area contributed by atoms with Crippen LogP contribution in [0.2, 0.25) is 0 Å². The van der Waals surface area contributed by atoms with Crippen LogP contribution in [0.4, 0.5) is 0 Å². The predicted octanol–water partition coefficient (Wildman–Crippen LogP) is 2.50. The lowest BCUT2D eigenvalue weighted by Crippen LogP contribution is -2.49. The van der Waals surface area contributed by atoms with Crippen molar-refractivity contribution in [3.63, 3.8) is 0 Å². The van der Waals surface area contributed by atoms with Crippen molar-refractivity contribution in [3.05, 3.63) is 35.5 Å². The number of nitrogens with one attached hydrogen (secondary N) is 1. The zero-order valence-electron chi connectivity index (χ0n) is 16.5. The number of hydrogen-bond acceptors (Lipinski definition) is 5. The molecule has 1 aromatic carbocycles. The number of aromatic nitrogens is 1. The van der Waals surface area contributed by atoms with E-state index in [9.17, 15) is 14.4 Å². The van der Waals surface area contributed by atoms with Crippen LogP contribution in [0.3, 0.4) is 0 Å². The number of aryl methyl sites for hydroxylation is 1. The van der Waals surface area contributed by atoms with Gasteiger partial charge in [0.1, 0.15) is 12.1 Å². The lowest BCUT2D eigenvalue weighted by atomic mass is 10.1. The van der Waals surface area contributed by atoms with E-state index in [-0.39, 0.29) is 25.5 Å². The second kappa shape index (κ2) is 8.46. The molecule has 0 spiro atoms. The van der Waals surface area contributed by atoms with E-state index in [0.29, 0.717) is 12.8 Å². The number of carbonyl (C=O) groups excluding carboxylic acids is 3. The van der Waals surface area contributed by atoms with Crippen LogP contribution in [0.1, 0.15) is 37.8 Å². The van der Waals surface area contributed by atoms with E-state index in [4.69, 9.17) is 9.47 Å². The van der Waals surface area contributed by atoms with Crippen LogP contribution in [0.5, 0.6) is 0 Å². The fourth-order valence-electron chi connectivity index (χ4n) is 3.86. The third-order valence-electron chi connectivity index (χ3n) is 5.14. The molecule has 150 valence electrons. The Bertz CT molecular complexity index is 862. The molecule has 3 rings (SSSR count). The number of aromatic amines is 1. The fraction of sp³-hybridized carbons (Fsp3) is 0.476. The van der Waals surface area contributed by atoms with Gasteiger partial charge in [-0.05, 0) is 44.7 Å². The van der Waals surface area contributed by atoms with Crippen molar-refractivity contribution in [2.24, 2.45) is 0 Å². The van der Waals surface area contributed by atoms with Crippen LogP contribution in [0.15, 0.2) is 24.4 Å². The van der Waals surface area contributed by atoms with E-state index in [0.717, 1.165) is 22.0 Å². The maximum absolute atomic E-state index is 13.2. The van der Waals surface area contributed by atoms with Gasteiger partial charge < -0.3 is 19.4 Å². The first-order chi connectivity index (χ1) is 13.5. The molecular weight excluding hydrogens is 360 g/mol. The number of nitrogens with zero attached hydrogens (tertiary/aromatic N) is 1. The number of likely N-dealkylation sites (tertiary alicyclic amines) is 1. The van der Waals surface area contributed by atoms with E-state index >= 15 is 0 Å². The first-order valence-corrected chi connectivity index (χ1v) is 9.67. The summed E-state index contributed by atoms with van der Waals surface area (Å²) in [5.41, 5.74) is 2.91. The Morgan fingerprint density at radius 3 is 2.25 bits per heavy atom. The number of esters is 2. The average Bonchev–Trinajstić information content (AvgIpc) is 3.28. The molecular formula is C21H26N2O5. The Hall–Kier alpha value is -2.83. The number of ether oxygens (including phenoxy) is 2. The molecule has 2 atom stereocenters. The predicted molar refractivity (Wildman–Crippen MR) is 104 cm³/mol. The number of amides is 1. The average molecular weight is 386 g/mol. The van der Waals surface area contributed by atoms with Gasteiger partial charge in [0.25, 0.3) is 0 Å². The van der Waals surface area contributed by atoms with E-state index in [2.05, 4.69) is 4.98 Å². The summed E-state index contributed by atoms with van der Waals surface area (Å²) in [5.74, 6) is -1.23. The summed E-state index contributed by atoms with van der Waals surface area (Å²) in [4.78, 5) is 42.5. The van der Waals surface area contributed by atoms with Gasteiger partial charge in [0.05, 0.1) is 19.6 Å². The van der Waals surface area contributed by atoms with Crippen molar-refractivity contribution >= 4 is 28.7 Å². The zero-order chi connectivity index (χ0) is 20.3. The SMILES string of the molecule is CCOC(=O)[C@H]1CC[C@@H](C(=O)OCC)N1C(=O)Cc1c[nH]c2c(C)cccc12. The summed E-state index contributed by atoms with van der Waals surface area (Å²) >= 11 is 0. The van der Waals surface area contributed by atoms with Gasteiger partial charge in [-0.1, -0.05) is 18.2 Å². The van der Waals surface area contributed by atoms with Crippen molar-refractivity contribution in [3.8, 4) is 0 Å². The third-order valence-corrected chi connectivity index (χ3v) is 5.14. The van der Waals surface area contributed by atoms with Gasteiger partial charge in [-0.3, -0.25) is 4.79 Å². The van der Waals surface area contributed by atoms with Gasteiger partial charge in [0.15, 0.2) is 0 Å². The largest absolute Gasteiger partial charge is 0.464 e. The summed E-state index contributed by atoms with van der Waals surface area (Å²) in [6.45, 7) is 5.89. The van der Waals surface area contributed by atoms with Crippen molar-refractivity contribution in [2.45, 2.75) is 52.1 Å². The van der Waals surface area contributed by atoms with Crippen LogP contribution < -0.4 is 0 Å². The molecule has 1 saturated heterocycles. The molecule has 0 aliphatic carbocycles. The summed E-state index contributed by atoms with van der Waals surface area (Å²) in [5, 5.41) is 0.966. The summed E-state index contributed by atoms with van der Waals surface area (Å²) < 4.78 is 10.2. The van der Waals surface area contributed by atoms with Crippen LogP contribution in [0.25, 0.3) is 10.9 Å². The highest BCUT2D eigenvalue weighted by molar-refractivity contribution is 5.94. The molecule has 28 heavy (non-hydrogen) atoms. The van der Waals surface area contributed by atoms with E-state index in [1.807, 2.05) is 31.3 Å². The maximum Gasteiger partial charge on any atom is 0.328 e. The molecule has 7 nitrogen and oxygen atoms in total. The van der Waals surface area contributed by atoms with E-state index in [1.165, 1.54) is 4.90 Å². The molecule has 7 heteroatoms. The van der Waals surface area contributed by atoms with Crippen LogP contribution in [-0.2, 0) is 30.3 Å². The molecule has 1 fully saturated rings. The number of rotatable bonds is 6. The Balaban J connectivity index is 1.87. The van der Waals surface area contributed by atoms with Crippen molar-refractivity contribution in [1.29, 1.82) is 0 Å². The topological polar surface area (TPSA) is 88.7 Å². The highest BCUT2D eigenvalue weighted by atomic mass is 16.5. The zero-order valence-corrected chi connectivity index (χ0v) is 16.5. The third kappa shape index (κ3) is 3.74. The summed E-state index contributed by atoms with van der Waals surface area (Å²) in [6.07, 6.45) is 2.68. The van der Waals surface area contributed by atoms with Crippen molar-refractivity contribution in [1.82, 2.24) is 9.88 Å². The second-order valence-corrected chi connectivity index (χ2v) is 6.90. The lowest BCUT2D eigenvalue weighted by molar-refractivity contribution is -0.159. The minimum atomic E-state index is -0.756. The molecule has 1 N–H and O–H groups in total. The van der Waals surface area contributed by atoms with Crippen LogP contribution >= 0.6 is 0 Å². The number of hydrogen-bond donors (Lipinski definition) is 1. The quantitative estimate of drug-likeness (QED) is 0.771. The molecule has 0 radical (unpaired) electrons. The molecule has 1 amide bonds. The van der Waals surface area contributed by atoms with E-state index in [1.54, 1.807) is 13.8 Å². The highest BCUT2D eigenvalue weighted by Crippen LogP contribution is 2.29. The molecule has 0 unspecified atom stereocenters. The first-order valence-electron chi connectivity index (χ1n) is 9.67. The normalized spacial score (nSPS) is 19.0. The number of benzene rings is 1. The fourth-order valence-corrected chi connectivity index (χ4v) is 3.86. The molecule has 2 aromatic rings. The number of carbonyl (C=O) groups is 3. The molecule has 2 heterocycles. The molecule has 0 saturated carbocycles. The Labute approximate surface area is 164 Å². The summed E-state index contributed by atoms with van der Waals surface area (Å²) in [6, 6.07) is 4.39. The molecule has 1 aromatic heterocycles. The second-order valence-electron chi connectivity index (χ2n) is 6.90. The Morgan fingerprint density at radius 1 is 1.07 bits per heavy atom. The van der Waals surface area contributed by atoms with Gasteiger partial charge >= 0.3 is 11.9 Å². The lowest BCUT2D eigenvalue weighted by Gasteiger charge is -2.28. The molecule has 0 bridgehead atoms. The maximum atomic E-state index is 13.2. The number of H-pyrrole nitrogens is 1. The molecule has 1 aliphatic rings. The first kappa shape index (κ1) is 19.9. The standard InChI is InChI=1S/C21H26N2O5/c1-4-27-20(25)16-9-10-17(21(26)28-5-2)23(16)18(24)11-14-12-22-19-13(3)7-6-8-15(14)19/h6-8,12,16-17,22H,4-5,9-11H2,1-3H3/t16-,17+. The Morgan fingerprint density at radius 2 is 1.68 bits per heavy atom. The Kier molecular flexibility index (Phi) is 6.02. The van der Waals surface area contributed by atoms with Gasteiger partial charge in [-0.15, -0.1) is 0 Å². The van der Waals surface area contributed by atoms with Crippen molar-refractivity contribution in [2.75, 3.05) is 13.2 Å². The van der Waals surface area contributed by atoms with E-state index < -0.39 is 24.0 Å². The highest BCUT2D eigenvalue weighted by Gasteiger charge is 2.45. The van der Waals surface area contributed by atoms with Gasteiger partial charge in [0, 0.05) is 17.1 Å². The minimum Gasteiger partial charge on any atom is -0.464 e. The number of fused-ring (bicyclic) bond motifs is 1. The molecule has 1 aliphatic heterocycles. The minimum absolute atomic E-state index is 0.0925. The summed E-state index contributed by atoms with van der Waals surface area (Å²) in [7, 11) is 0. The van der Waals surface area contributed by atoms with Crippen molar-refractivity contribution < 1.29 is 23.9 Å². The van der Waals surface area contributed by atoms with Gasteiger partial charge in [0.2, 0.25) is 5.91 Å². The monoisotopic (exact) mass is 386 g/mol. The van der Waals surface area contributed by atoms with Gasteiger partial charge in [-0.25, -0.2) is 9.59 Å². The van der Waals surface area contributed by atoms with Crippen LogP contribution in [-0.4, -0.2) is 53.0 Å². The smallest absolute Gasteiger partial charge is 0.328 e.